The minimum atomic E-state index is -1.52. The predicted octanol–water partition coefficient (Wildman–Crippen LogP) is 14.6. The minimum absolute atomic E-state index is 0.100. The molecule has 0 radical (unpaired) electrons. The van der Waals surface area contributed by atoms with Crippen LogP contribution in [0.2, 0.25) is 0 Å². The molecule has 4 fully saturated rings. The van der Waals surface area contributed by atoms with Crippen molar-refractivity contribution in [2.75, 3.05) is 72.0 Å². The Labute approximate surface area is 744 Å². The maximum absolute atomic E-state index is 13.4. The number of hydrogen-bond donors (Lipinski definition) is 7. The molecule has 12 aromatic rings. The molecule has 0 aliphatic carbocycles. The van der Waals surface area contributed by atoms with E-state index in [0.29, 0.717) is 117 Å². The molecule has 8 N–H and O–H groups in total. The third kappa shape index (κ3) is 29.0. The molecule has 26 heteroatoms. The average Bonchev–Trinajstić information content (AvgIpc) is 0.852. The van der Waals surface area contributed by atoms with Gasteiger partial charge in [0, 0.05) is 191 Å². The van der Waals surface area contributed by atoms with Gasteiger partial charge in [-0.05, 0) is 207 Å². The number of hydrogen-bond acceptors (Lipinski definition) is 20. The zero-order valence-corrected chi connectivity index (χ0v) is 71.9. The summed E-state index contributed by atoms with van der Waals surface area (Å²) in [5, 5.41) is 41.2. The Kier molecular flexibility index (Phi) is 33.2. The standard InChI is InChI=1S/C26H32N4O.C25H27F2N5O.C25H25F2N5.C25H27N5O/c1-19-17-30(20(2)16-28-19)18-22-6-3-7-23(15-22)25-13-14-27-26(29-25)8-4-5-21-9-11-24(31)12-10-21;26-20-12-17(13-21(27)14-20)3-2-6-24-30-8-7-22(31-24)19-5-1-4-18(11-19)16-32-10-9-29-15-23(32)25(28)33;26-21-12-18(13-22(27)14-21)3-2-6-25-30-8-7-24(31-25)20-5-1-4-19(11-20)16-32-10-9-29-23(15-28)17-32;1-26-25-17-27-14-15-30(25)18-20-5-2-6-21(16-20)23-12-13-28-24(29-23)7-3-4-19-8-10-22(31)11-9-19/h3,6-7,9-15,19-20,28,31H,4-5,8,16-18H2,1-2H3;1,4-5,7-8,11-14,23,29H,2-3,6,9-10,15-16H2,(H2,28,33);1,4-5,7-8,11-14,23,29H,2-3,6,9-10,16-17H2;2,5-6,8-13,16,25,27,31H,3-4,7,14-15,17-18H2/t19-,20-;;;/m0.../s1/i5D2;;;. The zero-order valence-electron chi connectivity index (χ0n) is 73.9. The lowest BCUT2D eigenvalue weighted by Gasteiger charge is -2.37. The number of aromatic hydroxyl groups is 2. The Morgan fingerprint density at radius 2 is 0.874 bits per heavy atom. The molecular weight excluding hydrogens is 1600 g/mol. The van der Waals surface area contributed by atoms with Gasteiger partial charge in [-0.15, -0.1) is 0 Å². The number of phenols is 2. The summed E-state index contributed by atoms with van der Waals surface area (Å²) in [6.07, 6.45) is 12.5. The van der Waals surface area contributed by atoms with Crippen molar-refractivity contribution in [2.24, 2.45) is 5.73 Å². The Hall–Kier alpha value is -12.5. The van der Waals surface area contributed by atoms with Gasteiger partial charge in [0.15, 0.2) is 0 Å². The number of phenolic OH excluding ortho intramolecular Hbond substituents is 2. The summed E-state index contributed by atoms with van der Waals surface area (Å²) in [6, 6.07) is 64.6. The van der Waals surface area contributed by atoms with Gasteiger partial charge in [-0.3, -0.25) is 29.7 Å². The number of carbonyl (C=O) groups is 1. The van der Waals surface area contributed by atoms with E-state index in [1.165, 1.54) is 58.7 Å². The molecule has 4 saturated heterocycles. The Balaban J connectivity index is 0.000000147. The van der Waals surface area contributed by atoms with Gasteiger partial charge in [-0.1, -0.05) is 97.1 Å². The Morgan fingerprint density at radius 1 is 0.465 bits per heavy atom. The van der Waals surface area contributed by atoms with Crippen molar-refractivity contribution in [3.63, 3.8) is 0 Å². The molecule has 8 aromatic carbocycles. The number of nitrogens with zero attached hydrogens (tertiary/aromatic N) is 14. The molecule has 4 aliphatic heterocycles. The molecule has 5 atom stereocenters. The van der Waals surface area contributed by atoms with Gasteiger partial charge in [-0.2, -0.15) is 5.26 Å². The molecule has 0 spiro atoms. The van der Waals surface area contributed by atoms with E-state index in [4.69, 9.17) is 35.3 Å². The lowest BCUT2D eigenvalue weighted by molar-refractivity contribution is -0.124. The predicted molar refractivity (Wildman–Crippen MR) is 487 cm³/mol. The smallest absolute Gasteiger partial charge is 0.292 e. The molecule has 1 amide bonds. The minimum Gasteiger partial charge on any atom is -0.508 e. The van der Waals surface area contributed by atoms with Crippen LogP contribution in [0.1, 0.15) is 110 Å². The summed E-state index contributed by atoms with van der Waals surface area (Å²) >= 11 is 0. The molecule has 4 aliphatic rings. The van der Waals surface area contributed by atoms with E-state index < -0.39 is 29.6 Å². The number of halogens is 4. The SMILES string of the molecule is N#CC1CN(Cc2cccc(-c3ccnc(CCCc4cc(F)cc(F)c4)n3)c2)CCN1.NC(=O)C1CNCCN1Cc1cccc(-c2ccnc(CCCc3cc(F)cc(F)c3)n2)c1.[2H]C([2H])(CCc1nccc(-c2cccc(CN3C[C@H](C)NC[C@@H]3C)c2)n1)c1ccc(O)cc1.[C-]#[N+]C1CNCCN1Cc1cccc(-c2ccnc(CCCc3ccc(O)cc3)n2)c1. The van der Waals surface area contributed by atoms with E-state index in [0.717, 1.165) is 166 Å². The van der Waals surface area contributed by atoms with Crippen molar-refractivity contribution in [3.05, 3.63) is 334 Å². The summed E-state index contributed by atoms with van der Waals surface area (Å²) < 4.78 is 70.2. The van der Waals surface area contributed by atoms with Gasteiger partial charge in [0.05, 0.1) is 35.4 Å². The first-order valence-corrected chi connectivity index (χ1v) is 43.6. The first-order chi connectivity index (χ1) is 62.6. The fourth-order valence-electron chi connectivity index (χ4n) is 16.0. The van der Waals surface area contributed by atoms with Crippen molar-refractivity contribution in [3.8, 4) is 62.6 Å². The number of aromatic nitrogens is 8. The lowest BCUT2D eigenvalue weighted by atomic mass is 10.0. The van der Waals surface area contributed by atoms with Crippen LogP contribution in [-0.2, 0) is 82.3 Å². The summed E-state index contributed by atoms with van der Waals surface area (Å²) in [7, 11) is 0. The number of benzene rings is 8. The fraction of sp³-hybridized carbons (Fsp3) is 0.337. The molecule has 0 bridgehead atoms. The quantitative estimate of drug-likeness (QED) is 0.0169. The molecular formula is C101H111F4N19O3. The number of rotatable bonds is 29. The van der Waals surface area contributed by atoms with Gasteiger partial charge >= 0.3 is 0 Å². The highest BCUT2D eigenvalue weighted by molar-refractivity contribution is 5.80. The van der Waals surface area contributed by atoms with E-state index in [1.807, 2.05) is 72.9 Å². The molecule has 656 valence electrons. The van der Waals surface area contributed by atoms with Crippen LogP contribution < -0.4 is 27.0 Å². The number of amides is 1. The monoisotopic (exact) mass is 1720 g/mol. The molecule has 16 rings (SSSR count). The Morgan fingerprint density at radius 3 is 1.32 bits per heavy atom. The summed E-state index contributed by atoms with van der Waals surface area (Å²) in [6.45, 7) is 24.2. The second-order valence-corrected chi connectivity index (χ2v) is 32.6. The van der Waals surface area contributed by atoms with Crippen molar-refractivity contribution in [2.45, 2.75) is 147 Å². The lowest BCUT2D eigenvalue weighted by Crippen LogP contribution is -2.56. The van der Waals surface area contributed by atoms with E-state index in [2.05, 4.69) is 157 Å². The van der Waals surface area contributed by atoms with Crippen LogP contribution in [-0.4, -0.2) is 178 Å². The van der Waals surface area contributed by atoms with Gasteiger partial charge in [0.25, 0.3) is 6.17 Å². The number of nitrogens with two attached hydrogens (primary N) is 1. The van der Waals surface area contributed by atoms with E-state index >= 15 is 0 Å². The summed E-state index contributed by atoms with van der Waals surface area (Å²) in [5.74, 6) is 0.745. The molecule has 8 heterocycles. The second kappa shape index (κ2) is 47.2. The van der Waals surface area contributed by atoms with Gasteiger partial charge in [-0.25, -0.2) is 68.9 Å². The molecule has 4 aromatic heterocycles. The van der Waals surface area contributed by atoms with Crippen molar-refractivity contribution < 1.29 is 35.3 Å². The first-order valence-electron chi connectivity index (χ1n) is 44.6. The van der Waals surface area contributed by atoms with Gasteiger partial charge in [0.2, 0.25) is 5.91 Å². The number of primary amides is 1. The third-order valence-electron chi connectivity index (χ3n) is 22.7. The average molecular weight is 1720 g/mol. The van der Waals surface area contributed by atoms with Gasteiger partial charge in [0.1, 0.15) is 70.1 Å². The number of carbonyl (C=O) groups excluding carboxylic acids is 1. The van der Waals surface area contributed by atoms with Crippen molar-refractivity contribution in [1.29, 1.82) is 5.26 Å². The van der Waals surface area contributed by atoms with Crippen LogP contribution in [0.4, 0.5) is 17.6 Å². The molecule has 3 unspecified atom stereocenters. The first kappa shape index (κ1) is 89.4. The van der Waals surface area contributed by atoms with E-state index in [-0.39, 0.29) is 36.3 Å². The molecule has 127 heavy (non-hydrogen) atoms. The summed E-state index contributed by atoms with van der Waals surface area (Å²) in [5.41, 5.74) is 20.8. The van der Waals surface area contributed by atoms with E-state index in [9.17, 15) is 32.6 Å². The molecule has 0 saturated carbocycles. The van der Waals surface area contributed by atoms with Crippen LogP contribution in [0.5, 0.6) is 11.5 Å². The largest absolute Gasteiger partial charge is 0.508 e. The summed E-state index contributed by atoms with van der Waals surface area (Å²) in [4.78, 5) is 61.1. The second-order valence-electron chi connectivity index (χ2n) is 32.6. The highest BCUT2D eigenvalue weighted by Crippen LogP contribution is 2.28. The maximum Gasteiger partial charge on any atom is 0.292 e. The van der Waals surface area contributed by atoms with Crippen LogP contribution in [0, 0.1) is 41.2 Å². The highest BCUT2D eigenvalue weighted by atomic mass is 19.1. The highest BCUT2D eigenvalue weighted by Gasteiger charge is 2.29. The van der Waals surface area contributed by atoms with Crippen LogP contribution in [0.25, 0.3) is 49.9 Å². The van der Waals surface area contributed by atoms with E-state index in [1.54, 1.807) is 42.9 Å². The third-order valence-corrected chi connectivity index (χ3v) is 22.7. The van der Waals surface area contributed by atoms with Crippen LogP contribution in [0.15, 0.2) is 231 Å². The molecule has 22 nitrogen and oxygen atoms in total. The van der Waals surface area contributed by atoms with Crippen LogP contribution >= 0.6 is 0 Å². The van der Waals surface area contributed by atoms with Crippen molar-refractivity contribution in [1.82, 2.24) is 80.7 Å². The van der Waals surface area contributed by atoms with Crippen molar-refractivity contribution >= 4 is 5.91 Å². The van der Waals surface area contributed by atoms with Crippen LogP contribution in [0.3, 0.4) is 0 Å². The number of piperazine rings is 4. The zero-order chi connectivity index (χ0) is 90.4. The number of aryl methyl sites for hydroxylation is 8. The fourth-order valence-corrected chi connectivity index (χ4v) is 16.0. The number of nitrogens with one attached hydrogen (secondary N) is 4. The van der Waals surface area contributed by atoms with Gasteiger partial charge < -0.3 is 31.9 Å². The topological polar surface area (TPSA) is 276 Å². The Bertz CT molecular complexity index is 5710. The number of nitriles is 1. The normalized spacial score (nSPS) is 17.7. The maximum atomic E-state index is 13.4.